The minimum atomic E-state index is -0.269. The van der Waals surface area contributed by atoms with Crippen LogP contribution < -0.4 is 5.32 Å². The quantitative estimate of drug-likeness (QED) is 0.898. The van der Waals surface area contributed by atoms with Crippen molar-refractivity contribution in [3.8, 4) is 0 Å². The summed E-state index contributed by atoms with van der Waals surface area (Å²) < 4.78 is 13.6. The summed E-state index contributed by atoms with van der Waals surface area (Å²) in [4.78, 5) is 4.17. The van der Waals surface area contributed by atoms with Crippen molar-refractivity contribution < 1.29 is 4.39 Å². The highest BCUT2D eigenvalue weighted by Crippen LogP contribution is 2.25. The molecule has 1 heterocycles. The fourth-order valence-corrected chi connectivity index (χ4v) is 1.78. The monoisotopic (exact) mass is 280 g/mol. The third-order valence-corrected chi connectivity index (χ3v) is 2.77. The van der Waals surface area contributed by atoms with Gasteiger partial charge in [-0.05, 0) is 58.7 Å². The second-order valence-corrected chi connectivity index (χ2v) is 4.32. The zero-order valence-corrected chi connectivity index (χ0v) is 10.3. The van der Waals surface area contributed by atoms with Crippen molar-refractivity contribution in [1.82, 2.24) is 4.98 Å². The van der Waals surface area contributed by atoms with Crippen LogP contribution in [0.1, 0.15) is 5.56 Å². The maximum Gasteiger partial charge on any atom is 0.130 e. The summed E-state index contributed by atoms with van der Waals surface area (Å²) in [5, 5.41) is 3.12. The fourth-order valence-electron chi connectivity index (χ4n) is 1.33. The van der Waals surface area contributed by atoms with Crippen LogP contribution in [0.25, 0.3) is 0 Å². The molecular weight excluding hydrogens is 271 g/mol. The summed E-state index contributed by atoms with van der Waals surface area (Å²) in [6.07, 6.45) is 1.73. The van der Waals surface area contributed by atoms with E-state index in [4.69, 9.17) is 0 Å². The van der Waals surface area contributed by atoms with Gasteiger partial charge < -0.3 is 5.32 Å². The maximum absolute atomic E-state index is 12.9. The Bertz CT molecular complexity index is 514. The molecule has 0 saturated carbocycles. The molecule has 0 aliphatic heterocycles. The van der Waals surface area contributed by atoms with Crippen LogP contribution in [-0.4, -0.2) is 4.98 Å². The van der Waals surface area contributed by atoms with E-state index < -0.39 is 0 Å². The standard InChI is InChI=1S/C12H10BrFN2/c1-8-4-5-15-12(6-8)16-11-3-2-9(14)7-10(11)13/h2-7H,1H3,(H,15,16). The van der Waals surface area contributed by atoms with Crippen molar-refractivity contribution in [3.63, 3.8) is 0 Å². The maximum atomic E-state index is 12.9. The fraction of sp³-hybridized carbons (Fsp3) is 0.0833. The van der Waals surface area contributed by atoms with Crippen molar-refractivity contribution in [2.75, 3.05) is 5.32 Å². The normalized spacial score (nSPS) is 10.2. The summed E-state index contributed by atoms with van der Waals surface area (Å²) >= 11 is 3.29. The van der Waals surface area contributed by atoms with Gasteiger partial charge in [0.25, 0.3) is 0 Å². The van der Waals surface area contributed by atoms with E-state index in [-0.39, 0.29) is 5.82 Å². The topological polar surface area (TPSA) is 24.9 Å². The van der Waals surface area contributed by atoms with E-state index in [1.807, 2.05) is 19.1 Å². The van der Waals surface area contributed by atoms with Gasteiger partial charge in [0.15, 0.2) is 0 Å². The van der Waals surface area contributed by atoms with Crippen molar-refractivity contribution >= 4 is 27.4 Å². The van der Waals surface area contributed by atoms with Gasteiger partial charge in [-0.1, -0.05) is 0 Å². The highest BCUT2D eigenvalue weighted by atomic mass is 79.9. The lowest BCUT2D eigenvalue weighted by Gasteiger charge is -2.08. The van der Waals surface area contributed by atoms with Gasteiger partial charge in [-0.25, -0.2) is 9.37 Å². The number of halogens is 2. The molecule has 82 valence electrons. The first kappa shape index (κ1) is 11.1. The van der Waals surface area contributed by atoms with Crippen molar-refractivity contribution in [2.45, 2.75) is 6.92 Å². The lowest BCUT2D eigenvalue weighted by molar-refractivity contribution is 0.627. The first-order valence-electron chi connectivity index (χ1n) is 4.80. The Morgan fingerprint density at radius 1 is 1.25 bits per heavy atom. The van der Waals surface area contributed by atoms with E-state index in [1.54, 1.807) is 12.3 Å². The van der Waals surface area contributed by atoms with Gasteiger partial charge in [-0.15, -0.1) is 0 Å². The first-order valence-corrected chi connectivity index (χ1v) is 5.59. The Labute approximate surface area is 102 Å². The molecule has 0 aliphatic carbocycles. The van der Waals surface area contributed by atoms with Gasteiger partial charge in [0.2, 0.25) is 0 Å². The second-order valence-electron chi connectivity index (χ2n) is 3.47. The van der Waals surface area contributed by atoms with Gasteiger partial charge in [0, 0.05) is 10.7 Å². The minimum Gasteiger partial charge on any atom is -0.339 e. The number of pyridine rings is 1. The number of benzene rings is 1. The van der Waals surface area contributed by atoms with E-state index in [2.05, 4.69) is 26.2 Å². The molecule has 0 spiro atoms. The molecule has 1 aromatic heterocycles. The molecule has 0 unspecified atom stereocenters. The largest absolute Gasteiger partial charge is 0.339 e. The van der Waals surface area contributed by atoms with E-state index in [0.29, 0.717) is 4.47 Å². The van der Waals surface area contributed by atoms with Crippen LogP contribution in [0.15, 0.2) is 41.0 Å². The van der Waals surface area contributed by atoms with E-state index in [0.717, 1.165) is 17.1 Å². The number of aryl methyl sites for hydroxylation is 1. The van der Waals surface area contributed by atoms with E-state index in [9.17, 15) is 4.39 Å². The molecule has 1 N–H and O–H groups in total. The van der Waals surface area contributed by atoms with Crippen molar-refractivity contribution in [3.05, 3.63) is 52.4 Å². The number of hydrogen-bond acceptors (Lipinski definition) is 2. The lowest BCUT2D eigenvalue weighted by atomic mass is 10.3. The number of rotatable bonds is 2. The van der Waals surface area contributed by atoms with E-state index >= 15 is 0 Å². The smallest absolute Gasteiger partial charge is 0.130 e. The summed E-state index contributed by atoms with van der Waals surface area (Å²) in [5.74, 6) is 0.474. The third-order valence-electron chi connectivity index (χ3n) is 2.11. The van der Waals surface area contributed by atoms with Crippen LogP contribution >= 0.6 is 15.9 Å². The molecule has 1 aromatic carbocycles. The second kappa shape index (κ2) is 4.61. The zero-order valence-electron chi connectivity index (χ0n) is 8.67. The molecule has 0 fully saturated rings. The number of nitrogens with zero attached hydrogens (tertiary/aromatic N) is 1. The van der Waals surface area contributed by atoms with Crippen LogP contribution in [0.5, 0.6) is 0 Å². The Morgan fingerprint density at radius 3 is 2.75 bits per heavy atom. The molecule has 2 rings (SSSR count). The molecule has 0 radical (unpaired) electrons. The third kappa shape index (κ3) is 2.58. The molecule has 0 bridgehead atoms. The summed E-state index contributed by atoms with van der Waals surface area (Å²) in [6.45, 7) is 1.99. The van der Waals surface area contributed by atoms with E-state index in [1.165, 1.54) is 12.1 Å². The molecule has 0 amide bonds. The summed E-state index contributed by atoms with van der Waals surface area (Å²) in [6, 6.07) is 8.34. The van der Waals surface area contributed by atoms with Crippen LogP contribution in [-0.2, 0) is 0 Å². The number of hydrogen-bond donors (Lipinski definition) is 1. The summed E-state index contributed by atoms with van der Waals surface area (Å²) in [7, 11) is 0. The number of nitrogens with one attached hydrogen (secondary N) is 1. The predicted molar refractivity (Wildman–Crippen MR) is 66.4 cm³/mol. The van der Waals surface area contributed by atoms with Gasteiger partial charge in [0.05, 0.1) is 5.69 Å². The SMILES string of the molecule is Cc1ccnc(Nc2ccc(F)cc2Br)c1. The molecular formula is C12H10BrFN2. The number of aromatic nitrogens is 1. The molecule has 0 aliphatic rings. The Morgan fingerprint density at radius 2 is 2.06 bits per heavy atom. The van der Waals surface area contributed by atoms with Gasteiger partial charge in [0.1, 0.15) is 11.6 Å². The Kier molecular flexibility index (Phi) is 3.19. The molecule has 0 atom stereocenters. The molecule has 2 aromatic rings. The molecule has 2 nitrogen and oxygen atoms in total. The average Bonchev–Trinajstić information content (AvgIpc) is 2.22. The minimum absolute atomic E-state index is 0.269. The van der Waals surface area contributed by atoms with Gasteiger partial charge in [-0.2, -0.15) is 0 Å². The van der Waals surface area contributed by atoms with Crippen LogP contribution in [0.3, 0.4) is 0 Å². The summed E-state index contributed by atoms with van der Waals surface area (Å²) in [5.41, 5.74) is 1.91. The lowest BCUT2D eigenvalue weighted by Crippen LogP contribution is -1.94. The van der Waals surface area contributed by atoms with Crippen LogP contribution in [0.4, 0.5) is 15.9 Å². The van der Waals surface area contributed by atoms with Gasteiger partial charge in [-0.3, -0.25) is 0 Å². The van der Waals surface area contributed by atoms with Gasteiger partial charge >= 0.3 is 0 Å². The average molecular weight is 281 g/mol. The number of anilines is 2. The first-order chi connectivity index (χ1) is 7.65. The zero-order chi connectivity index (χ0) is 11.5. The molecule has 4 heteroatoms. The molecule has 16 heavy (non-hydrogen) atoms. The highest BCUT2D eigenvalue weighted by molar-refractivity contribution is 9.10. The predicted octanol–water partition coefficient (Wildman–Crippen LogP) is 4.04. The van der Waals surface area contributed by atoms with Crippen LogP contribution in [0.2, 0.25) is 0 Å². The van der Waals surface area contributed by atoms with Crippen LogP contribution in [0, 0.1) is 12.7 Å². The Balaban J connectivity index is 2.27. The Hall–Kier alpha value is -1.42. The molecule has 0 saturated heterocycles. The van der Waals surface area contributed by atoms with Crippen molar-refractivity contribution in [1.29, 1.82) is 0 Å². The van der Waals surface area contributed by atoms with Crippen molar-refractivity contribution in [2.24, 2.45) is 0 Å². The highest BCUT2D eigenvalue weighted by Gasteiger charge is 2.02.